The predicted molar refractivity (Wildman–Crippen MR) is 202 cm³/mol. The number of rotatable bonds is 15. The summed E-state index contributed by atoms with van der Waals surface area (Å²) in [5.41, 5.74) is 7.33. The van der Waals surface area contributed by atoms with Crippen molar-refractivity contribution in [2.45, 2.75) is 126 Å². The predicted octanol–water partition coefficient (Wildman–Crippen LogP) is 11.8. The molecule has 5 nitrogen and oxygen atoms in total. The number of nitrogens with zero attached hydrogens (tertiary/aromatic N) is 1. The van der Waals surface area contributed by atoms with Crippen LogP contribution in [0.1, 0.15) is 145 Å². The van der Waals surface area contributed by atoms with E-state index in [1.807, 2.05) is 52.0 Å². The van der Waals surface area contributed by atoms with Gasteiger partial charge in [0, 0.05) is 18.4 Å². The van der Waals surface area contributed by atoms with Crippen LogP contribution >= 0.6 is 0 Å². The van der Waals surface area contributed by atoms with E-state index in [1.54, 1.807) is 12.3 Å². The van der Waals surface area contributed by atoms with Crippen LogP contribution in [0.2, 0.25) is 0 Å². The number of nitrogens with one attached hydrogen (secondary N) is 2. The Kier molecular flexibility index (Phi) is 24.3. The molecule has 2 N–H and O–H groups in total. The van der Waals surface area contributed by atoms with E-state index >= 15 is 0 Å². The van der Waals surface area contributed by atoms with Crippen LogP contribution in [-0.2, 0) is 11.2 Å². The minimum absolute atomic E-state index is 0.158. The van der Waals surface area contributed by atoms with Crippen LogP contribution in [0.15, 0.2) is 67.4 Å². The summed E-state index contributed by atoms with van der Waals surface area (Å²) in [6, 6.07) is 18.8. The van der Waals surface area contributed by atoms with E-state index in [0.29, 0.717) is 5.56 Å². The number of aryl methyl sites for hydroxylation is 2. The van der Waals surface area contributed by atoms with E-state index in [4.69, 9.17) is 4.79 Å². The first-order valence-electron chi connectivity index (χ1n) is 17.5. The summed E-state index contributed by atoms with van der Waals surface area (Å²) in [7, 11) is 0. The Morgan fingerprint density at radius 2 is 1.48 bits per heavy atom. The lowest BCUT2D eigenvalue weighted by Gasteiger charge is -2.15. The van der Waals surface area contributed by atoms with Gasteiger partial charge in [0.05, 0.1) is 5.56 Å². The molecule has 0 bridgehead atoms. The summed E-state index contributed by atoms with van der Waals surface area (Å²) in [5.74, 6) is 1.43. The molecular weight excluding hydrogens is 566 g/mol. The fraction of sp³-hybridized carbons (Fsp3) is 0.488. The number of benzene rings is 2. The van der Waals surface area contributed by atoms with E-state index in [2.05, 4.69) is 74.2 Å². The standard InChI is InChI=1S/C22H29N3O.C15H24.C2H4O.C2H6/c1-5-6-7-8-13-23-21-12-11-19(15-24-21)22(26)25-20-14-18(16(2)3)10-9-17(20)4;1-4-7-14(8-5-2)15-11-9-13(6-3)10-12-15;1-2-3;1-2/h9-12,14-15H,2,5-8,13H2,1,3-4H3,(H,23,24)(H,25,26);9-12,14H,4-8H2,1-3H3;2H,1H3;1-2H3. The van der Waals surface area contributed by atoms with Crippen LogP contribution in [0.4, 0.5) is 11.5 Å². The lowest BCUT2D eigenvalue weighted by atomic mass is 9.90. The summed E-state index contributed by atoms with van der Waals surface area (Å²) in [5, 5.41) is 6.26. The molecule has 3 rings (SSSR count). The molecule has 0 aliphatic carbocycles. The molecule has 3 aromatic rings. The van der Waals surface area contributed by atoms with Gasteiger partial charge in [0.2, 0.25) is 0 Å². The van der Waals surface area contributed by atoms with Crippen molar-refractivity contribution in [2.75, 3.05) is 17.2 Å². The third-order valence-corrected chi connectivity index (χ3v) is 7.47. The summed E-state index contributed by atoms with van der Waals surface area (Å²) in [6.45, 7) is 23.2. The van der Waals surface area contributed by atoms with E-state index in [0.717, 1.165) is 59.8 Å². The lowest BCUT2D eigenvalue weighted by molar-refractivity contribution is -0.106. The molecule has 0 atom stereocenters. The van der Waals surface area contributed by atoms with Crippen molar-refractivity contribution in [1.82, 2.24) is 4.98 Å². The molecular formula is C41H63N3O2. The van der Waals surface area contributed by atoms with Gasteiger partial charge in [-0.2, -0.15) is 0 Å². The van der Waals surface area contributed by atoms with Crippen molar-refractivity contribution in [1.29, 1.82) is 0 Å². The molecule has 0 aliphatic rings. The van der Waals surface area contributed by atoms with Crippen molar-refractivity contribution < 1.29 is 9.59 Å². The largest absolute Gasteiger partial charge is 0.370 e. The molecule has 0 fully saturated rings. The molecule has 0 aliphatic heterocycles. The van der Waals surface area contributed by atoms with Gasteiger partial charge in [0.15, 0.2) is 0 Å². The minimum Gasteiger partial charge on any atom is -0.370 e. The zero-order chi connectivity index (χ0) is 34.7. The van der Waals surface area contributed by atoms with Gasteiger partial charge in [-0.15, -0.1) is 0 Å². The van der Waals surface area contributed by atoms with Crippen LogP contribution in [0.5, 0.6) is 0 Å². The maximum Gasteiger partial charge on any atom is 0.257 e. The van der Waals surface area contributed by atoms with Gasteiger partial charge in [-0.05, 0) is 92.8 Å². The van der Waals surface area contributed by atoms with Crippen LogP contribution in [-0.4, -0.2) is 23.7 Å². The van der Waals surface area contributed by atoms with Crippen molar-refractivity contribution in [3.05, 3.63) is 95.2 Å². The number of amides is 1. The average Bonchev–Trinajstić information content (AvgIpc) is 3.07. The minimum atomic E-state index is -0.158. The number of carbonyl (C=O) groups is 2. The van der Waals surface area contributed by atoms with Crippen molar-refractivity contribution in [3.8, 4) is 0 Å². The monoisotopic (exact) mass is 629 g/mol. The average molecular weight is 630 g/mol. The highest BCUT2D eigenvalue weighted by Crippen LogP contribution is 2.26. The first kappa shape index (κ1) is 42.3. The summed E-state index contributed by atoms with van der Waals surface area (Å²) < 4.78 is 0. The molecule has 0 unspecified atom stereocenters. The number of unbranched alkanes of at least 4 members (excludes halogenated alkanes) is 3. The van der Waals surface area contributed by atoms with Gasteiger partial charge in [-0.1, -0.05) is 122 Å². The third kappa shape index (κ3) is 17.1. The number of allylic oxidation sites excluding steroid dienone is 1. The molecule has 2 aromatic carbocycles. The van der Waals surface area contributed by atoms with E-state index < -0.39 is 0 Å². The number of hydrogen-bond acceptors (Lipinski definition) is 4. The van der Waals surface area contributed by atoms with E-state index in [9.17, 15) is 4.79 Å². The molecule has 0 saturated carbocycles. The second-order valence-electron chi connectivity index (χ2n) is 11.3. The SMILES string of the molecule is C=C(C)c1ccc(C)c(NC(=O)c2ccc(NCCCCCC)nc2)c1.CC.CC=O.CCCC(CCC)c1ccc(CC)cc1. The van der Waals surface area contributed by atoms with Crippen LogP contribution < -0.4 is 10.6 Å². The Morgan fingerprint density at radius 1 is 0.870 bits per heavy atom. The van der Waals surface area contributed by atoms with Crippen molar-refractivity contribution >= 4 is 29.3 Å². The Balaban J connectivity index is 0.000000856. The van der Waals surface area contributed by atoms with Gasteiger partial charge in [-0.25, -0.2) is 4.98 Å². The van der Waals surface area contributed by atoms with Crippen LogP contribution in [0.3, 0.4) is 0 Å². The van der Waals surface area contributed by atoms with Gasteiger partial charge in [0.25, 0.3) is 5.91 Å². The van der Waals surface area contributed by atoms with Crippen LogP contribution in [0.25, 0.3) is 5.57 Å². The fourth-order valence-electron chi connectivity index (χ4n) is 4.82. The Bertz CT molecular complexity index is 1230. The lowest BCUT2D eigenvalue weighted by Crippen LogP contribution is -2.13. The number of anilines is 2. The second kappa shape index (κ2) is 26.5. The highest BCUT2D eigenvalue weighted by atomic mass is 16.1. The first-order chi connectivity index (χ1) is 22.2. The Hall–Kier alpha value is -3.73. The number of aromatic nitrogens is 1. The maximum atomic E-state index is 12.5. The van der Waals surface area contributed by atoms with Gasteiger partial charge in [-0.3, -0.25) is 4.79 Å². The quantitative estimate of drug-likeness (QED) is 0.130. The molecule has 0 radical (unpaired) electrons. The van der Waals surface area contributed by atoms with Gasteiger partial charge in [0.1, 0.15) is 12.1 Å². The number of aldehydes is 1. The third-order valence-electron chi connectivity index (χ3n) is 7.47. The molecule has 0 spiro atoms. The molecule has 1 heterocycles. The Morgan fingerprint density at radius 3 is 1.98 bits per heavy atom. The number of hydrogen-bond donors (Lipinski definition) is 2. The van der Waals surface area contributed by atoms with E-state index in [1.165, 1.54) is 63.0 Å². The Labute approximate surface area is 281 Å². The summed E-state index contributed by atoms with van der Waals surface area (Å²) in [6.07, 6.45) is 13.6. The highest BCUT2D eigenvalue weighted by molar-refractivity contribution is 6.04. The smallest absolute Gasteiger partial charge is 0.257 e. The normalized spacial score (nSPS) is 9.87. The molecule has 1 aromatic heterocycles. The van der Waals surface area contributed by atoms with Crippen LogP contribution in [0, 0.1) is 6.92 Å². The topological polar surface area (TPSA) is 71.1 Å². The van der Waals surface area contributed by atoms with E-state index in [-0.39, 0.29) is 5.91 Å². The molecule has 254 valence electrons. The fourth-order valence-corrected chi connectivity index (χ4v) is 4.82. The number of pyridine rings is 1. The van der Waals surface area contributed by atoms with Gasteiger partial charge >= 0.3 is 0 Å². The second-order valence-corrected chi connectivity index (χ2v) is 11.3. The van der Waals surface area contributed by atoms with Crippen molar-refractivity contribution in [2.24, 2.45) is 0 Å². The summed E-state index contributed by atoms with van der Waals surface area (Å²) in [4.78, 5) is 25.6. The molecule has 5 heteroatoms. The summed E-state index contributed by atoms with van der Waals surface area (Å²) >= 11 is 0. The molecule has 46 heavy (non-hydrogen) atoms. The van der Waals surface area contributed by atoms with Crippen molar-refractivity contribution in [3.63, 3.8) is 0 Å². The highest BCUT2D eigenvalue weighted by Gasteiger charge is 2.10. The molecule has 0 saturated heterocycles. The number of carbonyl (C=O) groups excluding carboxylic acids is 2. The first-order valence-corrected chi connectivity index (χ1v) is 17.5. The zero-order valence-electron chi connectivity index (χ0n) is 30.5. The molecule has 1 amide bonds. The van der Waals surface area contributed by atoms with Gasteiger partial charge < -0.3 is 15.4 Å². The zero-order valence-corrected chi connectivity index (χ0v) is 30.5. The maximum absolute atomic E-state index is 12.5.